The molecule has 2 heterocycles. The molecule has 0 bridgehead atoms. The molecule has 3 rings (SSSR count). The van der Waals surface area contributed by atoms with Gasteiger partial charge in [-0.1, -0.05) is 30.3 Å². The average Bonchev–Trinajstić information content (AvgIpc) is 3.57. The van der Waals surface area contributed by atoms with E-state index in [-0.39, 0.29) is 62.9 Å². The number of H-pyrrole nitrogens is 2. The smallest absolute Gasteiger partial charge is 0.355 e. The van der Waals surface area contributed by atoms with Crippen LogP contribution in [0.15, 0.2) is 30.3 Å². The van der Waals surface area contributed by atoms with E-state index in [1.165, 1.54) is 28.4 Å². The van der Waals surface area contributed by atoms with Gasteiger partial charge in [0.2, 0.25) is 0 Å². The Morgan fingerprint density at radius 1 is 0.667 bits per heavy atom. The van der Waals surface area contributed by atoms with Crippen LogP contribution in [0.1, 0.15) is 73.0 Å². The predicted octanol–water partition coefficient (Wildman–Crippen LogP) is 2.75. The number of carbonyl (C=O) groups is 6. The van der Waals surface area contributed by atoms with Crippen LogP contribution in [0.2, 0.25) is 0 Å². The van der Waals surface area contributed by atoms with Crippen molar-refractivity contribution in [2.45, 2.75) is 51.6 Å². The summed E-state index contributed by atoms with van der Waals surface area (Å²) in [6.45, 7) is -0.0231. The summed E-state index contributed by atoms with van der Waals surface area (Å²) in [7, 11) is 4.94. The number of benzene rings is 1. The molecule has 0 aliphatic heterocycles. The molecule has 0 radical (unpaired) electrons. The van der Waals surface area contributed by atoms with Gasteiger partial charge in [0.05, 0.1) is 47.0 Å². The molecule has 13 nitrogen and oxygen atoms in total. The zero-order valence-corrected chi connectivity index (χ0v) is 25.6. The number of ether oxygens (including phenoxy) is 5. The second-order valence-electron chi connectivity index (χ2n) is 9.92. The third-order valence-corrected chi connectivity index (χ3v) is 7.24. The first-order chi connectivity index (χ1) is 21.6. The first kappa shape index (κ1) is 34.3. The minimum Gasteiger partial charge on any atom is -0.469 e. The number of aromatic amines is 2. The maximum Gasteiger partial charge on any atom is 0.355 e. The zero-order chi connectivity index (χ0) is 32.9. The van der Waals surface area contributed by atoms with E-state index >= 15 is 0 Å². The molecule has 3 aromatic rings. The second-order valence-corrected chi connectivity index (χ2v) is 9.92. The summed E-state index contributed by atoms with van der Waals surface area (Å²) in [5.41, 5.74) is 3.39. The molecule has 0 saturated carbocycles. The average molecular weight is 625 g/mol. The fraction of sp³-hybridized carbons (Fsp3) is 0.375. The molecule has 2 N–H and O–H groups in total. The Hall–Kier alpha value is -5.20. The monoisotopic (exact) mass is 624 g/mol. The van der Waals surface area contributed by atoms with Crippen molar-refractivity contribution in [1.82, 2.24) is 9.97 Å². The minimum atomic E-state index is -0.714. The Labute approximate surface area is 259 Å². The maximum absolute atomic E-state index is 13.4. The summed E-state index contributed by atoms with van der Waals surface area (Å²) in [4.78, 5) is 80.5. The third kappa shape index (κ3) is 9.15. The number of hydrogen-bond acceptors (Lipinski definition) is 11. The molecular weight excluding hydrogens is 588 g/mol. The summed E-state index contributed by atoms with van der Waals surface area (Å²) >= 11 is 0. The molecular formula is C32H36N2O11. The Balaban J connectivity index is 2.14. The van der Waals surface area contributed by atoms with Crippen molar-refractivity contribution in [2.24, 2.45) is 0 Å². The number of carbonyl (C=O) groups excluding carboxylic acids is 6. The van der Waals surface area contributed by atoms with Crippen molar-refractivity contribution in [3.63, 3.8) is 0 Å². The molecule has 0 saturated heterocycles. The number of hydrogen-bond donors (Lipinski definition) is 2. The van der Waals surface area contributed by atoms with Crippen LogP contribution in [0.4, 0.5) is 0 Å². The Kier molecular flexibility index (Phi) is 12.6. The fourth-order valence-electron chi connectivity index (χ4n) is 4.93. The van der Waals surface area contributed by atoms with E-state index in [0.29, 0.717) is 39.9 Å². The molecule has 0 aliphatic rings. The Morgan fingerprint density at radius 2 is 1.20 bits per heavy atom. The van der Waals surface area contributed by atoms with Gasteiger partial charge in [0.15, 0.2) is 6.29 Å². The molecule has 240 valence electrons. The predicted molar refractivity (Wildman–Crippen MR) is 157 cm³/mol. The molecule has 45 heavy (non-hydrogen) atoms. The van der Waals surface area contributed by atoms with Crippen molar-refractivity contribution in [1.29, 1.82) is 0 Å². The molecule has 0 unspecified atom stereocenters. The SMILES string of the molecule is COC(=O)CCc1c(Cc2[nH]c(C(=O)OCc3ccccc3)c(CCC(=O)OC)c2CC(=O)OC)[nH]c(C=O)c1CC(=O)OC. The van der Waals surface area contributed by atoms with Gasteiger partial charge >= 0.3 is 29.8 Å². The van der Waals surface area contributed by atoms with E-state index in [2.05, 4.69) is 9.97 Å². The number of esters is 5. The Morgan fingerprint density at radius 3 is 1.76 bits per heavy atom. The highest BCUT2D eigenvalue weighted by Crippen LogP contribution is 2.29. The van der Waals surface area contributed by atoms with Crippen LogP contribution in [0, 0.1) is 0 Å². The summed E-state index contributed by atoms with van der Waals surface area (Å²) < 4.78 is 24.9. The highest BCUT2D eigenvalue weighted by molar-refractivity contribution is 5.91. The van der Waals surface area contributed by atoms with E-state index < -0.39 is 29.8 Å². The molecule has 2 aromatic heterocycles. The van der Waals surface area contributed by atoms with Crippen LogP contribution < -0.4 is 0 Å². The number of aldehydes is 1. The van der Waals surface area contributed by atoms with E-state index in [4.69, 9.17) is 23.7 Å². The van der Waals surface area contributed by atoms with Gasteiger partial charge in [-0.05, 0) is 40.7 Å². The quantitative estimate of drug-likeness (QED) is 0.136. The van der Waals surface area contributed by atoms with Crippen LogP contribution in [-0.4, -0.2) is 74.5 Å². The number of nitrogens with one attached hydrogen (secondary N) is 2. The van der Waals surface area contributed by atoms with Crippen molar-refractivity contribution in [2.75, 3.05) is 28.4 Å². The molecule has 0 amide bonds. The highest BCUT2D eigenvalue weighted by atomic mass is 16.5. The van der Waals surface area contributed by atoms with Crippen molar-refractivity contribution in [3.05, 3.63) is 80.9 Å². The number of methoxy groups -OCH3 is 4. The maximum atomic E-state index is 13.4. The van der Waals surface area contributed by atoms with Gasteiger partial charge < -0.3 is 33.7 Å². The zero-order valence-electron chi connectivity index (χ0n) is 25.6. The van der Waals surface area contributed by atoms with Crippen LogP contribution in [0.5, 0.6) is 0 Å². The van der Waals surface area contributed by atoms with Crippen LogP contribution in [0.25, 0.3) is 0 Å². The summed E-state index contributed by atoms with van der Waals surface area (Å²) in [6.07, 6.45) is 0.105. The largest absolute Gasteiger partial charge is 0.469 e. The van der Waals surface area contributed by atoms with Crippen LogP contribution in [-0.2, 0) is 81.6 Å². The number of aromatic nitrogens is 2. The van der Waals surface area contributed by atoms with Crippen LogP contribution in [0.3, 0.4) is 0 Å². The molecule has 0 spiro atoms. The summed E-state index contributed by atoms with van der Waals surface area (Å²) in [6, 6.07) is 9.04. The van der Waals surface area contributed by atoms with E-state index in [0.717, 1.165) is 5.56 Å². The first-order valence-corrected chi connectivity index (χ1v) is 14.0. The number of rotatable bonds is 16. The fourth-order valence-corrected chi connectivity index (χ4v) is 4.93. The van der Waals surface area contributed by atoms with Crippen molar-refractivity contribution < 1.29 is 52.5 Å². The molecule has 0 fully saturated rings. The van der Waals surface area contributed by atoms with Crippen molar-refractivity contribution >= 4 is 36.1 Å². The lowest BCUT2D eigenvalue weighted by Gasteiger charge is -2.10. The van der Waals surface area contributed by atoms with Gasteiger partial charge in [0.25, 0.3) is 0 Å². The van der Waals surface area contributed by atoms with Gasteiger partial charge in [0.1, 0.15) is 12.3 Å². The molecule has 13 heteroatoms. The lowest BCUT2D eigenvalue weighted by atomic mass is 9.96. The van der Waals surface area contributed by atoms with E-state index in [1.54, 1.807) is 12.1 Å². The third-order valence-electron chi connectivity index (χ3n) is 7.24. The lowest BCUT2D eigenvalue weighted by molar-refractivity contribution is -0.141. The second kappa shape index (κ2) is 16.6. The van der Waals surface area contributed by atoms with Gasteiger partial charge in [-0.15, -0.1) is 0 Å². The van der Waals surface area contributed by atoms with Gasteiger partial charge in [-0.25, -0.2) is 4.79 Å². The Bertz CT molecular complexity index is 1540. The van der Waals surface area contributed by atoms with Crippen molar-refractivity contribution in [3.8, 4) is 0 Å². The van der Waals surface area contributed by atoms with E-state index in [1.807, 2.05) is 18.2 Å². The first-order valence-electron chi connectivity index (χ1n) is 14.0. The molecule has 1 aromatic carbocycles. The van der Waals surface area contributed by atoms with Gasteiger partial charge in [-0.2, -0.15) is 0 Å². The van der Waals surface area contributed by atoms with Crippen LogP contribution >= 0.6 is 0 Å². The lowest BCUT2D eigenvalue weighted by Crippen LogP contribution is -2.12. The summed E-state index contributed by atoms with van der Waals surface area (Å²) in [5, 5.41) is 0. The van der Waals surface area contributed by atoms with Gasteiger partial charge in [0, 0.05) is 30.7 Å². The van der Waals surface area contributed by atoms with Gasteiger partial charge in [-0.3, -0.25) is 24.0 Å². The molecule has 0 aliphatic carbocycles. The topological polar surface area (TPSA) is 180 Å². The summed E-state index contributed by atoms with van der Waals surface area (Å²) in [5.74, 6) is -2.94. The standard InChI is InChI=1S/C32H36N2O11/c1-41-27(36)12-10-20-22(14-29(38)43-3)26(17-35)33-24(20)16-25-23(15-30(39)44-4)21(11-13-28(37)42-2)31(34-25)32(40)45-18-19-8-6-5-7-9-19/h5-9,17,33-34H,10-16,18H2,1-4H3. The normalized spacial score (nSPS) is 10.6. The van der Waals surface area contributed by atoms with E-state index in [9.17, 15) is 28.8 Å². The highest BCUT2D eigenvalue weighted by Gasteiger charge is 2.28. The minimum absolute atomic E-state index is 0.0159. The molecule has 0 atom stereocenters.